The summed E-state index contributed by atoms with van der Waals surface area (Å²) in [6.45, 7) is 6.26. The molecule has 29 heavy (non-hydrogen) atoms. The van der Waals surface area contributed by atoms with Crippen molar-refractivity contribution in [3.8, 4) is 22.8 Å². The number of thioether (sulfide) groups is 1. The highest BCUT2D eigenvalue weighted by molar-refractivity contribution is 7.98. The lowest BCUT2D eigenvalue weighted by Crippen LogP contribution is -2.15. The average molecular weight is 407 g/mol. The molecule has 0 atom stereocenters. The summed E-state index contributed by atoms with van der Waals surface area (Å²) in [5, 5.41) is 0.992. The maximum atomic E-state index is 5.74. The van der Waals surface area contributed by atoms with E-state index in [0.29, 0.717) is 13.2 Å². The standard InChI is InChI=1S/C22H22N4O2S/c1-3-26-18(16-6-7-19-20(11-16)28-10-9-27-19)12-23-22(26)29-14-17-13-25-8-4-5-15(2)21(25)24-17/h4-8,11-13H,3,9-10,14H2,1-2H3. The minimum Gasteiger partial charge on any atom is -0.486 e. The van der Waals surface area contributed by atoms with Crippen LogP contribution in [-0.4, -0.2) is 32.1 Å². The van der Waals surface area contributed by atoms with Gasteiger partial charge in [-0.25, -0.2) is 9.97 Å². The first-order valence-corrected chi connectivity index (χ1v) is 10.7. The van der Waals surface area contributed by atoms with Gasteiger partial charge in [-0.05, 0) is 43.7 Å². The van der Waals surface area contributed by atoms with Crippen LogP contribution in [0.15, 0.2) is 54.1 Å². The summed E-state index contributed by atoms with van der Waals surface area (Å²) in [4.78, 5) is 9.45. The minimum absolute atomic E-state index is 0.586. The van der Waals surface area contributed by atoms with Gasteiger partial charge in [0.1, 0.15) is 18.9 Å². The normalized spacial score (nSPS) is 13.2. The van der Waals surface area contributed by atoms with Crippen molar-refractivity contribution in [1.29, 1.82) is 0 Å². The Morgan fingerprint density at radius 1 is 1.14 bits per heavy atom. The summed E-state index contributed by atoms with van der Waals surface area (Å²) in [6, 6.07) is 10.2. The van der Waals surface area contributed by atoms with Crippen LogP contribution in [0.25, 0.3) is 16.9 Å². The Bertz CT molecular complexity index is 1180. The highest BCUT2D eigenvalue weighted by atomic mass is 32.2. The van der Waals surface area contributed by atoms with Crippen molar-refractivity contribution in [2.24, 2.45) is 0 Å². The van der Waals surface area contributed by atoms with E-state index in [4.69, 9.17) is 14.5 Å². The number of aryl methyl sites for hydroxylation is 1. The molecule has 0 amide bonds. The number of aromatic nitrogens is 4. The Hall–Kier alpha value is -2.93. The smallest absolute Gasteiger partial charge is 0.168 e. The van der Waals surface area contributed by atoms with Crippen LogP contribution in [0.1, 0.15) is 18.2 Å². The zero-order valence-corrected chi connectivity index (χ0v) is 17.3. The molecular formula is C22H22N4O2S. The van der Waals surface area contributed by atoms with Crippen LogP contribution in [0, 0.1) is 6.92 Å². The van der Waals surface area contributed by atoms with Gasteiger partial charge in [0, 0.05) is 30.3 Å². The molecule has 0 spiro atoms. The fourth-order valence-corrected chi connectivity index (χ4v) is 4.55. The second-order valence-corrected chi connectivity index (χ2v) is 7.91. The van der Waals surface area contributed by atoms with Crippen LogP contribution in [0.3, 0.4) is 0 Å². The van der Waals surface area contributed by atoms with E-state index in [2.05, 4.69) is 46.1 Å². The Labute approximate surface area is 173 Å². The fourth-order valence-electron chi connectivity index (χ4n) is 3.63. The van der Waals surface area contributed by atoms with Gasteiger partial charge >= 0.3 is 0 Å². The summed E-state index contributed by atoms with van der Waals surface area (Å²) >= 11 is 1.71. The van der Waals surface area contributed by atoms with Crippen molar-refractivity contribution in [2.75, 3.05) is 13.2 Å². The molecular weight excluding hydrogens is 384 g/mol. The molecule has 3 aromatic heterocycles. The third-order valence-corrected chi connectivity index (χ3v) is 6.07. The number of ether oxygens (including phenoxy) is 2. The van der Waals surface area contributed by atoms with Crippen molar-refractivity contribution in [3.63, 3.8) is 0 Å². The van der Waals surface area contributed by atoms with Gasteiger partial charge in [-0.15, -0.1) is 0 Å². The number of nitrogens with zero attached hydrogens (tertiary/aromatic N) is 4. The summed E-state index contributed by atoms with van der Waals surface area (Å²) in [7, 11) is 0. The lowest BCUT2D eigenvalue weighted by Gasteiger charge is -2.19. The first kappa shape index (κ1) is 18.1. The van der Waals surface area contributed by atoms with Crippen LogP contribution in [-0.2, 0) is 12.3 Å². The van der Waals surface area contributed by atoms with Gasteiger partial charge in [0.15, 0.2) is 16.7 Å². The van der Waals surface area contributed by atoms with Crippen molar-refractivity contribution in [3.05, 3.63) is 60.2 Å². The van der Waals surface area contributed by atoms with Gasteiger partial charge in [0.2, 0.25) is 0 Å². The molecule has 0 bridgehead atoms. The zero-order valence-electron chi connectivity index (χ0n) is 16.5. The van der Waals surface area contributed by atoms with Crippen LogP contribution in [0.2, 0.25) is 0 Å². The topological polar surface area (TPSA) is 53.6 Å². The molecule has 148 valence electrons. The first-order valence-electron chi connectivity index (χ1n) is 9.74. The Balaban J connectivity index is 1.40. The lowest BCUT2D eigenvalue weighted by atomic mass is 10.1. The van der Waals surface area contributed by atoms with Crippen molar-refractivity contribution < 1.29 is 9.47 Å². The van der Waals surface area contributed by atoms with Crippen LogP contribution in [0.5, 0.6) is 11.5 Å². The molecule has 1 aliphatic rings. The molecule has 5 rings (SSSR count). The van der Waals surface area contributed by atoms with Crippen LogP contribution < -0.4 is 9.47 Å². The molecule has 0 aliphatic carbocycles. The maximum Gasteiger partial charge on any atom is 0.168 e. The molecule has 0 fully saturated rings. The van der Waals surface area contributed by atoms with E-state index in [9.17, 15) is 0 Å². The monoisotopic (exact) mass is 406 g/mol. The number of pyridine rings is 1. The molecule has 0 radical (unpaired) electrons. The number of hydrogen-bond acceptors (Lipinski definition) is 5. The van der Waals surface area contributed by atoms with Crippen LogP contribution in [0.4, 0.5) is 0 Å². The molecule has 7 heteroatoms. The SMILES string of the molecule is CCn1c(-c2ccc3c(c2)OCCO3)cnc1SCc1cn2cccc(C)c2n1. The zero-order chi connectivity index (χ0) is 19.8. The minimum atomic E-state index is 0.586. The first-order chi connectivity index (χ1) is 14.2. The summed E-state index contributed by atoms with van der Waals surface area (Å²) in [5.41, 5.74) is 5.41. The highest BCUT2D eigenvalue weighted by Crippen LogP contribution is 2.36. The summed E-state index contributed by atoms with van der Waals surface area (Å²) < 4.78 is 15.7. The predicted octanol–water partition coefficient (Wildman–Crippen LogP) is 4.59. The number of fused-ring (bicyclic) bond motifs is 2. The molecule has 0 N–H and O–H groups in total. The third kappa shape index (κ3) is 3.35. The Morgan fingerprint density at radius 3 is 2.83 bits per heavy atom. The van der Waals surface area contributed by atoms with E-state index in [1.165, 1.54) is 5.56 Å². The van der Waals surface area contributed by atoms with Crippen molar-refractivity contribution in [2.45, 2.75) is 31.3 Å². The van der Waals surface area contributed by atoms with Crippen LogP contribution >= 0.6 is 11.8 Å². The second kappa shape index (κ2) is 7.48. The predicted molar refractivity (Wildman–Crippen MR) is 114 cm³/mol. The average Bonchev–Trinajstić information content (AvgIpc) is 3.36. The van der Waals surface area contributed by atoms with E-state index >= 15 is 0 Å². The number of rotatable bonds is 5. The molecule has 1 aromatic carbocycles. The number of imidazole rings is 2. The van der Waals surface area contributed by atoms with E-state index < -0.39 is 0 Å². The van der Waals surface area contributed by atoms with E-state index in [1.54, 1.807) is 11.8 Å². The quantitative estimate of drug-likeness (QED) is 0.454. The summed E-state index contributed by atoms with van der Waals surface area (Å²) in [6.07, 6.45) is 6.07. The van der Waals surface area contributed by atoms with Gasteiger partial charge < -0.3 is 18.4 Å². The van der Waals surface area contributed by atoms with Crippen molar-refractivity contribution in [1.82, 2.24) is 18.9 Å². The second-order valence-electron chi connectivity index (χ2n) is 6.97. The van der Waals surface area contributed by atoms with Crippen molar-refractivity contribution >= 4 is 17.4 Å². The van der Waals surface area contributed by atoms with E-state index in [-0.39, 0.29) is 0 Å². The largest absolute Gasteiger partial charge is 0.486 e. The molecule has 6 nitrogen and oxygen atoms in total. The van der Waals surface area contributed by atoms with Gasteiger partial charge in [-0.2, -0.15) is 0 Å². The summed E-state index contributed by atoms with van der Waals surface area (Å²) in [5.74, 6) is 2.38. The third-order valence-electron chi connectivity index (χ3n) is 5.05. The van der Waals surface area contributed by atoms with Gasteiger partial charge in [-0.3, -0.25) is 0 Å². The molecule has 1 aliphatic heterocycles. The molecule has 0 saturated carbocycles. The van der Waals surface area contributed by atoms with E-state index in [0.717, 1.165) is 51.6 Å². The molecule has 0 saturated heterocycles. The molecule has 4 aromatic rings. The number of hydrogen-bond donors (Lipinski definition) is 0. The van der Waals surface area contributed by atoms with Gasteiger partial charge in [0.25, 0.3) is 0 Å². The van der Waals surface area contributed by atoms with Gasteiger partial charge in [0.05, 0.1) is 17.6 Å². The Morgan fingerprint density at radius 2 is 2.00 bits per heavy atom. The Kier molecular flexibility index (Phi) is 4.67. The molecule has 0 unspecified atom stereocenters. The maximum absolute atomic E-state index is 5.74. The fraction of sp³-hybridized carbons (Fsp3) is 0.273. The van der Waals surface area contributed by atoms with Gasteiger partial charge in [-0.1, -0.05) is 17.8 Å². The highest BCUT2D eigenvalue weighted by Gasteiger charge is 2.16. The van der Waals surface area contributed by atoms with E-state index in [1.807, 2.05) is 30.6 Å². The lowest BCUT2D eigenvalue weighted by molar-refractivity contribution is 0.171. The number of benzene rings is 1. The molecule has 4 heterocycles.